The third-order valence-electron chi connectivity index (χ3n) is 3.17. The molecular weight excluding hydrogens is 334 g/mol. The number of carbonyl (C=O) groups excluding carboxylic acids is 1. The summed E-state index contributed by atoms with van der Waals surface area (Å²) in [6, 6.07) is 11.5. The first-order chi connectivity index (χ1) is 9.52. The Morgan fingerprint density at radius 1 is 1.30 bits per heavy atom. The number of anilines is 1. The zero-order chi connectivity index (χ0) is 14.7. The first-order valence-electron chi connectivity index (χ1n) is 6.41. The van der Waals surface area contributed by atoms with Gasteiger partial charge in [0.25, 0.3) is 5.91 Å². The van der Waals surface area contributed by atoms with Crippen molar-refractivity contribution in [2.24, 2.45) is 0 Å². The summed E-state index contributed by atoms with van der Waals surface area (Å²) < 4.78 is 0.763. The van der Waals surface area contributed by atoms with Crippen LogP contribution in [0.5, 0.6) is 0 Å². The number of benzene rings is 2. The number of halogens is 1. The molecule has 104 valence electrons. The summed E-state index contributed by atoms with van der Waals surface area (Å²) in [7, 11) is 0. The van der Waals surface area contributed by atoms with E-state index in [0.29, 0.717) is 5.56 Å². The maximum absolute atomic E-state index is 12.4. The number of nitrogens with one attached hydrogen (secondary N) is 1. The number of para-hydroxylation sites is 1. The Bertz CT molecular complexity index is 655. The van der Waals surface area contributed by atoms with Crippen LogP contribution in [-0.2, 0) is 6.42 Å². The van der Waals surface area contributed by atoms with Gasteiger partial charge in [0, 0.05) is 15.1 Å². The maximum atomic E-state index is 12.4. The second-order valence-corrected chi connectivity index (χ2v) is 5.95. The average Bonchev–Trinajstić information content (AvgIpc) is 2.43. The van der Waals surface area contributed by atoms with E-state index in [1.165, 1.54) is 0 Å². The van der Waals surface area contributed by atoms with Crippen LogP contribution in [0.15, 0.2) is 45.8 Å². The highest BCUT2D eigenvalue weighted by molar-refractivity contribution is 9.10. The Kier molecular flexibility index (Phi) is 4.89. The lowest BCUT2D eigenvalue weighted by molar-refractivity contribution is 0.102. The lowest BCUT2D eigenvalue weighted by atomic mass is 10.1. The molecule has 20 heavy (non-hydrogen) atoms. The monoisotopic (exact) mass is 349 g/mol. The average molecular weight is 350 g/mol. The smallest absolute Gasteiger partial charge is 0.256 e. The molecule has 1 amide bonds. The van der Waals surface area contributed by atoms with Gasteiger partial charge in [0.15, 0.2) is 0 Å². The van der Waals surface area contributed by atoms with Crippen molar-refractivity contribution in [1.82, 2.24) is 0 Å². The molecule has 2 rings (SSSR count). The van der Waals surface area contributed by atoms with Crippen molar-refractivity contribution in [3.8, 4) is 0 Å². The van der Waals surface area contributed by atoms with Gasteiger partial charge in [0.2, 0.25) is 0 Å². The summed E-state index contributed by atoms with van der Waals surface area (Å²) in [6.45, 7) is 4.08. The van der Waals surface area contributed by atoms with Gasteiger partial charge in [-0.2, -0.15) is 0 Å². The first kappa shape index (κ1) is 15.1. The molecule has 4 heteroatoms. The highest BCUT2D eigenvalue weighted by Crippen LogP contribution is 2.25. The fraction of sp³-hybridized carbons (Fsp3) is 0.188. The van der Waals surface area contributed by atoms with Crippen LogP contribution in [0.1, 0.15) is 28.4 Å². The standard InChI is InChI=1S/C16H16BrNOS/c1-3-11-6-4-5-10(2)15(11)18-16(19)13-9-12(20)7-8-14(13)17/h4-9,20H,3H2,1-2H3,(H,18,19). The Morgan fingerprint density at radius 2 is 2.05 bits per heavy atom. The SMILES string of the molecule is CCc1cccc(C)c1NC(=O)c1cc(S)ccc1Br. The molecule has 0 radical (unpaired) electrons. The van der Waals surface area contributed by atoms with Gasteiger partial charge in [-0.25, -0.2) is 0 Å². The molecule has 0 aliphatic carbocycles. The molecule has 2 nitrogen and oxygen atoms in total. The van der Waals surface area contributed by atoms with Crippen molar-refractivity contribution >= 4 is 40.2 Å². The second-order valence-electron chi connectivity index (χ2n) is 4.58. The van der Waals surface area contributed by atoms with E-state index in [2.05, 4.69) is 40.8 Å². The molecule has 0 aliphatic rings. The molecule has 0 spiro atoms. The van der Waals surface area contributed by atoms with Gasteiger partial charge >= 0.3 is 0 Å². The molecule has 0 unspecified atom stereocenters. The Morgan fingerprint density at radius 3 is 2.75 bits per heavy atom. The highest BCUT2D eigenvalue weighted by atomic mass is 79.9. The van der Waals surface area contributed by atoms with Gasteiger partial charge in [-0.1, -0.05) is 25.1 Å². The quantitative estimate of drug-likeness (QED) is 0.761. The molecule has 2 aromatic carbocycles. The van der Waals surface area contributed by atoms with Crippen LogP contribution in [0.25, 0.3) is 0 Å². The fourth-order valence-corrected chi connectivity index (χ4v) is 2.70. The van der Waals surface area contributed by atoms with E-state index in [0.717, 1.165) is 32.6 Å². The lowest BCUT2D eigenvalue weighted by Crippen LogP contribution is -2.15. The van der Waals surface area contributed by atoms with Crippen molar-refractivity contribution in [3.63, 3.8) is 0 Å². The summed E-state index contributed by atoms with van der Waals surface area (Å²) in [4.78, 5) is 13.2. The Labute approximate surface area is 133 Å². The van der Waals surface area contributed by atoms with Crippen molar-refractivity contribution in [2.45, 2.75) is 25.2 Å². The van der Waals surface area contributed by atoms with Crippen molar-refractivity contribution in [3.05, 3.63) is 57.6 Å². The largest absolute Gasteiger partial charge is 0.321 e. The minimum absolute atomic E-state index is 0.128. The predicted molar refractivity (Wildman–Crippen MR) is 89.9 cm³/mol. The third kappa shape index (κ3) is 3.25. The summed E-state index contributed by atoms with van der Waals surface area (Å²) in [5.74, 6) is -0.128. The first-order valence-corrected chi connectivity index (χ1v) is 7.65. The number of aryl methyl sites for hydroxylation is 2. The van der Waals surface area contributed by atoms with E-state index in [4.69, 9.17) is 0 Å². The van der Waals surface area contributed by atoms with Gasteiger partial charge in [-0.15, -0.1) is 12.6 Å². The van der Waals surface area contributed by atoms with Crippen molar-refractivity contribution in [1.29, 1.82) is 0 Å². The summed E-state index contributed by atoms with van der Waals surface area (Å²) in [6.07, 6.45) is 0.880. The molecule has 2 aromatic rings. The van der Waals surface area contributed by atoms with Crippen LogP contribution in [0.4, 0.5) is 5.69 Å². The van der Waals surface area contributed by atoms with Crippen LogP contribution < -0.4 is 5.32 Å². The van der Waals surface area contributed by atoms with Gasteiger partial charge in [0.1, 0.15) is 0 Å². The summed E-state index contributed by atoms with van der Waals surface area (Å²) >= 11 is 7.68. The maximum Gasteiger partial charge on any atom is 0.256 e. The molecule has 0 bridgehead atoms. The Balaban J connectivity index is 2.35. The van der Waals surface area contributed by atoms with E-state index in [1.807, 2.05) is 37.3 Å². The van der Waals surface area contributed by atoms with E-state index >= 15 is 0 Å². The number of thiol groups is 1. The number of amides is 1. The van der Waals surface area contributed by atoms with Crippen molar-refractivity contribution < 1.29 is 4.79 Å². The third-order valence-corrected chi connectivity index (χ3v) is 4.14. The molecular formula is C16H16BrNOS. The van der Waals surface area contributed by atoms with Crippen LogP contribution in [0.3, 0.4) is 0 Å². The minimum Gasteiger partial charge on any atom is -0.321 e. The topological polar surface area (TPSA) is 29.1 Å². The molecule has 0 saturated heterocycles. The number of rotatable bonds is 3. The number of hydrogen-bond acceptors (Lipinski definition) is 2. The van der Waals surface area contributed by atoms with Crippen LogP contribution >= 0.6 is 28.6 Å². The zero-order valence-electron chi connectivity index (χ0n) is 11.4. The Hall–Kier alpha value is -1.26. The van der Waals surface area contributed by atoms with Crippen molar-refractivity contribution in [2.75, 3.05) is 5.32 Å². The number of hydrogen-bond donors (Lipinski definition) is 2. The molecule has 0 atom stereocenters. The normalized spacial score (nSPS) is 10.4. The molecule has 0 heterocycles. The summed E-state index contributed by atoms with van der Waals surface area (Å²) in [5.41, 5.74) is 3.69. The van der Waals surface area contributed by atoms with E-state index in [9.17, 15) is 4.79 Å². The molecule has 0 saturated carbocycles. The van der Waals surface area contributed by atoms with E-state index in [-0.39, 0.29) is 5.91 Å². The number of carbonyl (C=O) groups is 1. The molecule has 0 aromatic heterocycles. The van der Waals surface area contributed by atoms with Gasteiger partial charge in [-0.3, -0.25) is 4.79 Å². The van der Waals surface area contributed by atoms with Gasteiger partial charge in [0.05, 0.1) is 5.56 Å². The fourth-order valence-electron chi connectivity index (χ4n) is 2.07. The van der Waals surface area contributed by atoms with Crippen LogP contribution in [0.2, 0.25) is 0 Å². The predicted octanol–water partition coefficient (Wildman–Crippen LogP) is 4.86. The van der Waals surface area contributed by atoms with Gasteiger partial charge < -0.3 is 5.32 Å². The minimum atomic E-state index is -0.128. The zero-order valence-corrected chi connectivity index (χ0v) is 13.9. The van der Waals surface area contributed by atoms with Gasteiger partial charge in [-0.05, 0) is 58.6 Å². The van der Waals surface area contributed by atoms with Crippen LogP contribution in [-0.4, -0.2) is 5.91 Å². The lowest BCUT2D eigenvalue weighted by Gasteiger charge is -2.13. The van der Waals surface area contributed by atoms with E-state index < -0.39 is 0 Å². The highest BCUT2D eigenvalue weighted by Gasteiger charge is 2.13. The van der Waals surface area contributed by atoms with E-state index in [1.54, 1.807) is 6.07 Å². The second kappa shape index (κ2) is 6.46. The van der Waals surface area contributed by atoms with Crippen LogP contribution in [0, 0.1) is 6.92 Å². The molecule has 1 N–H and O–H groups in total. The summed E-state index contributed by atoms with van der Waals surface area (Å²) in [5, 5.41) is 3.01. The molecule has 0 aliphatic heterocycles. The molecule has 0 fully saturated rings.